The molecule has 0 fully saturated rings. The molecule has 0 aliphatic rings. The lowest BCUT2D eigenvalue weighted by atomic mass is 9.99. The van der Waals surface area contributed by atoms with Crippen molar-refractivity contribution in [2.75, 3.05) is 53.6 Å². The quantitative estimate of drug-likeness (QED) is 0.521. The average Bonchev–Trinajstić information content (AvgIpc) is 2.47. The van der Waals surface area contributed by atoms with Gasteiger partial charge in [-0.05, 0) is 32.7 Å². The van der Waals surface area contributed by atoms with Gasteiger partial charge in [-0.2, -0.15) is 5.26 Å². The van der Waals surface area contributed by atoms with Gasteiger partial charge in [0.15, 0.2) is 0 Å². The van der Waals surface area contributed by atoms with Crippen molar-refractivity contribution in [1.29, 1.82) is 5.26 Å². The predicted molar refractivity (Wildman–Crippen MR) is 81.7 cm³/mol. The number of nitrogens with one attached hydrogen (secondary N) is 1. The van der Waals surface area contributed by atoms with Crippen molar-refractivity contribution >= 4 is 0 Å². The van der Waals surface area contributed by atoms with Crippen molar-refractivity contribution in [3.63, 3.8) is 0 Å². The Hall–Kier alpha value is -0.670. The van der Waals surface area contributed by atoms with Crippen LogP contribution in [0.25, 0.3) is 0 Å². The maximum atomic E-state index is 9.34. The van der Waals surface area contributed by atoms with E-state index in [4.69, 9.17) is 9.47 Å². The van der Waals surface area contributed by atoms with Crippen LogP contribution in [0.3, 0.4) is 0 Å². The first kappa shape index (κ1) is 19.3. The highest BCUT2D eigenvalue weighted by atomic mass is 16.5. The number of nitriles is 1. The first-order valence-electron chi connectivity index (χ1n) is 7.48. The van der Waals surface area contributed by atoms with Crippen molar-refractivity contribution < 1.29 is 9.47 Å². The number of hydrogen-bond acceptors (Lipinski definition) is 5. The summed E-state index contributed by atoms with van der Waals surface area (Å²) in [7, 11) is 3.44. The molecular weight excluding hydrogens is 254 g/mol. The van der Waals surface area contributed by atoms with Crippen LogP contribution in [0.15, 0.2) is 0 Å². The molecule has 1 unspecified atom stereocenters. The Morgan fingerprint density at radius 1 is 1.15 bits per heavy atom. The van der Waals surface area contributed by atoms with Gasteiger partial charge in [-0.15, -0.1) is 0 Å². The van der Waals surface area contributed by atoms with Crippen molar-refractivity contribution in [2.24, 2.45) is 0 Å². The molecular formula is C15H31N3O2. The van der Waals surface area contributed by atoms with E-state index >= 15 is 0 Å². The van der Waals surface area contributed by atoms with Crippen molar-refractivity contribution in [2.45, 2.75) is 38.6 Å². The third-order valence-corrected chi connectivity index (χ3v) is 3.37. The van der Waals surface area contributed by atoms with Gasteiger partial charge < -0.3 is 14.4 Å². The predicted octanol–water partition coefficient (Wildman–Crippen LogP) is 1.64. The third kappa shape index (κ3) is 9.27. The van der Waals surface area contributed by atoms with E-state index in [9.17, 15) is 5.26 Å². The average molecular weight is 285 g/mol. The second-order valence-electron chi connectivity index (χ2n) is 5.30. The molecule has 118 valence electrons. The smallest absolute Gasteiger partial charge is 0.105 e. The lowest BCUT2D eigenvalue weighted by molar-refractivity contribution is 0.128. The van der Waals surface area contributed by atoms with Gasteiger partial charge in [-0.3, -0.25) is 5.32 Å². The molecule has 0 saturated carbocycles. The maximum Gasteiger partial charge on any atom is 0.105 e. The van der Waals surface area contributed by atoms with Gasteiger partial charge in [0.25, 0.3) is 0 Å². The fourth-order valence-electron chi connectivity index (χ4n) is 1.95. The van der Waals surface area contributed by atoms with Gasteiger partial charge in [-0.25, -0.2) is 0 Å². The van der Waals surface area contributed by atoms with Crippen LogP contribution >= 0.6 is 0 Å². The van der Waals surface area contributed by atoms with E-state index in [0.717, 1.165) is 58.7 Å². The van der Waals surface area contributed by atoms with Crippen LogP contribution < -0.4 is 5.32 Å². The lowest BCUT2D eigenvalue weighted by Gasteiger charge is -2.28. The largest absolute Gasteiger partial charge is 0.385 e. The van der Waals surface area contributed by atoms with Gasteiger partial charge in [0.05, 0.1) is 12.7 Å². The molecule has 1 atom stereocenters. The van der Waals surface area contributed by atoms with Gasteiger partial charge in [0, 0.05) is 40.5 Å². The van der Waals surface area contributed by atoms with Crippen LogP contribution in [-0.4, -0.2) is 64.1 Å². The normalized spacial score (nSPS) is 14.2. The van der Waals surface area contributed by atoms with Crippen LogP contribution in [0.5, 0.6) is 0 Å². The number of nitrogens with zero attached hydrogens (tertiary/aromatic N) is 2. The molecule has 1 N–H and O–H groups in total. The zero-order valence-corrected chi connectivity index (χ0v) is 13.6. The second-order valence-corrected chi connectivity index (χ2v) is 5.30. The zero-order valence-electron chi connectivity index (χ0n) is 13.6. The maximum absolute atomic E-state index is 9.34. The van der Waals surface area contributed by atoms with Gasteiger partial charge >= 0.3 is 0 Å². The van der Waals surface area contributed by atoms with Crippen molar-refractivity contribution in [3.05, 3.63) is 0 Å². The fourth-order valence-corrected chi connectivity index (χ4v) is 1.95. The minimum Gasteiger partial charge on any atom is -0.385 e. The van der Waals surface area contributed by atoms with E-state index < -0.39 is 5.54 Å². The standard InChI is InChI=1S/C15H31N3O2/c1-5-8-17-15(2,14-16)7-10-18(11-13-20-4)9-6-12-19-3/h17H,5-13H2,1-4H3. The number of methoxy groups -OCH3 is 2. The molecule has 20 heavy (non-hydrogen) atoms. The molecule has 0 saturated heterocycles. The monoisotopic (exact) mass is 285 g/mol. The summed E-state index contributed by atoms with van der Waals surface area (Å²) >= 11 is 0. The van der Waals surface area contributed by atoms with E-state index in [2.05, 4.69) is 23.2 Å². The highest BCUT2D eigenvalue weighted by molar-refractivity contribution is 5.03. The summed E-state index contributed by atoms with van der Waals surface area (Å²) in [6.07, 6.45) is 2.87. The molecule has 0 amide bonds. The highest BCUT2D eigenvalue weighted by Crippen LogP contribution is 2.10. The Morgan fingerprint density at radius 3 is 2.40 bits per heavy atom. The van der Waals surface area contributed by atoms with E-state index in [1.807, 2.05) is 6.92 Å². The third-order valence-electron chi connectivity index (χ3n) is 3.37. The summed E-state index contributed by atoms with van der Waals surface area (Å²) in [5.74, 6) is 0. The summed E-state index contributed by atoms with van der Waals surface area (Å²) < 4.78 is 10.2. The number of rotatable bonds is 13. The van der Waals surface area contributed by atoms with Gasteiger partial charge in [0.2, 0.25) is 0 Å². The van der Waals surface area contributed by atoms with Gasteiger partial charge in [0.1, 0.15) is 5.54 Å². The van der Waals surface area contributed by atoms with Crippen LogP contribution in [0.1, 0.15) is 33.1 Å². The summed E-state index contributed by atoms with van der Waals surface area (Å²) in [6.45, 7) is 9.24. The van der Waals surface area contributed by atoms with Crippen LogP contribution in [-0.2, 0) is 9.47 Å². The van der Waals surface area contributed by atoms with E-state index in [1.165, 1.54) is 0 Å². The number of hydrogen-bond donors (Lipinski definition) is 1. The van der Waals surface area contributed by atoms with E-state index in [0.29, 0.717) is 0 Å². The van der Waals surface area contributed by atoms with E-state index in [-0.39, 0.29) is 0 Å². The lowest BCUT2D eigenvalue weighted by Crippen LogP contribution is -2.44. The Bertz CT molecular complexity index is 268. The number of ether oxygens (including phenoxy) is 2. The molecule has 0 spiro atoms. The van der Waals surface area contributed by atoms with Crippen molar-refractivity contribution in [1.82, 2.24) is 10.2 Å². The molecule has 0 heterocycles. The van der Waals surface area contributed by atoms with Crippen LogP contribution in [0.4, 0.5) is 0 Å². The van der Waals surface area contributed by atoms with E-state index in [1.54, 1.807) is 14.2 Å². The molecule has 0 aromatic carbocycles. The summed E-state index contributed by atoms with van der Waals surface area (Å²) in [4.78, 5) is 2.34. The molecule has 0 aliphatic carbocycles. The molecule has 0 radical (unpaired) electrons. The molecule has 0 aromatic heterocycles. The minimum atomic E-state index is -0.442. The molecule has 0 rings (SSSR count). The fraction of sp³-hybridized carbons (Fsp3) is 0.933. The molecule has 0 bridgehead atoms. The van der Waals surface area contributed by atoms with Gasteiger partial charge in [-0.1, -0.05) is 6.92 Å². The Labute approximate surface area is 124 Å². The van der Waals surface area contributed by atoms with Crippen LogP contribution in [0.2, 0.25) is 0 Å². The molecule has 0 aromatic rings. The highest BCUT2D eigenvalue weighted by Gasteiger charge is 2.23. The zero-order chi connectivity index (χ0) is 15.3. The second kappa shape index (κ2) is 12.1. The molecule has 0 aliphatic heterocycles. The summed E-state index contributed by atoms with van der Waals surface area (Å²) in [5.41, 5.74) is -0.442. The summed E-state index contributed by atoms with van der Waals surface area (Å²) in [5, 5.41) is 12.7. The van der Waals surface area contributed by atoms with Crippen LogP contribution in [0, 0.1) is 11.3 Å². The molecule has 5 heteroatoms. The minimum absolute atomic E-state index is 0.442. The summed E-state index contributed by atoms with van der Waals surface area (Å²) in [6, 6.07) is 2.40. The SMILES string of the molecule is CCCNC(C)(C#N)CCN(CCCOC)CCOC. The first-order chi connectivity index (χ1) is 9.61. The first-order valence-corrected chi connectivity index (χ1v) is 7.48. The Morgan fingerprint density at radius 2 is 1.85 bits per heavy atom. The Kier molecular flexibility index (Phi) is 11.7. The molecule has 5 nitrogen and oxygen atoms in total. The topological polar surface area (TPSA) is 57.5 Å². The Balaban J connectivity index is 4.22. The van der Waals surface area contributed by atoms with Crippen molar-refractivity contribution in [3.8, 4) is 6.07 Å².